The van der Waals surface area contributed by atoms with Crippen LogP contribution in [0, 0.1) is 0 Å². The molecule has 0 amide bonds. The van der Waals surface area contributed by atoms with Crippen molar-refractivity contribution < 1.29 is 9.53 Å². The van der Waals surface area contributed by atoms with E-state index in [-0.39, 0.29) is 11.4 Å². The number of hydrogen-bond donors (Lipinski definition) is 0. The molecule has 1 saturated carbocycles. The summed E-state index contributed by atoms with van der Waals surface area (Å²) >= 11 is 1.62. The number of benzene rings is 2. The van der Waals surface area contributed by atoms with Crippen LogP contribution in [0.4, 0.5) is 0 Å². The first-order valence-electron chi connectivity index (χ1n) is 7.98. The van der Waals surface area contributed by atoms with Gasteiger partial charge in [-0.2, -0.15) is 11.3 Å². The zero-order valence-corrected chi connectivity index (χ0v) is 14.3. The minimum atomic E-state index is -0.648. The zero-order valence-electron chi connectivity index (χ0n) is 13.4. The molecule has 0 unspecified atom stereocenters. The number of hydrogen-bond acceptors (Lipinski definition) is 3. The van der Waals surface area contributed by atoms with Crippen molar-refractivity contribution in [2.45, 2.75) is 17.3 Å². The van der Waals surface area contributed by atoms with Crippen molar-refractivity contribution in [3.63, 3.8) is 0 Å². The molecule has 3 heteroatoms. The third-order valence-electron chi connectivity index (χ3n) is 5.21. The number of methoxy groups -OCH3 is 1. The Kier molecular flexibility index (Phi) is 3.54. The Labute approximate surface area is 145 Å². The van der Waals surface area contributed by atoms with E-state index >= 15 is 0 Å². The van der Waals surface area contributed by atoms with Crippen LogP contribution in [0.1, 0.15) is 23.1 Å². The lowest BCUT2D eigenvalue weighted by Crippen LogP contribution is -2.32. The molecule has 0 bridgehead atoms. The molecule has 2 aromatic carbocycles. The lowest BCUT2D eigenvalue weighted by Gasteiger charge is -2.25. The van der Waals surface area contributed by atoms with E-state index in [1.54, 1.807) is 11.3 Å². The van der Waals surface area contributed by atoms with Crippen LogP contribution in [0.15, 0.2) is 77.5 Å². The fourth-order valence-electron chi connectivity index (χ4n) is 4.06. The van der Waals surface area contributed by atoms with E-state index in [4.69, 9.17) is 4.74 Å². The van der Waals surface area contributed by atoms with Gasteiger partial charge in [-0.25, -0.2) is 0 Å². The van der Waals surface area contributed by atoms with Gasteiger partial charge in [0.25, 0.3) is 0 Å². The van der Waals surface area contributed by atoms with Gasteiger partial charge in [-0.15, -0.1) is 0 Å². The van der Waals surface area contributed by atoms with E-state index in [0.717, 1.165) is 23.1 Å². The highest BCUT2D eigenvalue weighted by Gasteiger charge is 2.75. The van der Waals surface area contributed by atoms with E-state index in [2.05, 4.69) is 35.7 Å². The number of carbonyl (C=O) groups excluding carboxylic acids is 1. The van der Waals surface area contributed by atoms with Crippen molar-refractivity contribution in [3.8, 4) is 0 Å². The molecule has 120 valence electrons. The monoisotopic (exact) mass is 334 g/mol. The Bertz CT molecular complexity index is 801. The minimum absolute atomic E-state index is 0.159. The highest BCUT2D eigenvalue weighted by atomic mass is 32.1. The fourth-order valence-corrected chi connectivity index (χ4v) is 4.79. The first-order valence-corrected chi connectivity index (χ1v) is 8.92. The maximum atomic E-state index is 12.9. The number of thiophene rings is 1. The normalized spacial score (nSPS) is 21.2. The van der Waals surface area contributed by atoms with Gasteiger partial charge in [0.05, 0.1) is 7.11 Å². The molecule has 24 heavy (non-hydrogen) atoms. The number of carbonyl (C=O) groups is 1. The molecule has 2 nitrogen and oxygen atoms in total. The molecule has 1 atom stereocenters. The van der Waals surface area contributed by atoms with Gasteiger partial charge in [0.15, 0.2) is 0 Å². The molecule has 1 aromatic heterocycles. The second kappa shape index (κ2) is 5.60. The maximum absolute atomic E-state index is 12.9. The molecular weight excluding hydrogens is 316 g/mol. The summed E-state index contributed by atoms with van der Waals surface area (Å²) in [5, 5.41) is 4.10. The minimum Gasteiger partial charge on any atom is -0.468 e. The average Bonchev–Trinajstić information content (AvgIpc) is 3.07. The van der Waals surface area contributed by atoms with Crippen LogP contribution in [-0.2, 0) is 20.4 Å². The summed E-state index contributed by atoms with van der Waals surface area (Å²) in [7, 11) is 1.48. The molecule has 0 saturated heterocycles. The van der Waals surface area contributed by atoms with Gasteiger partial charge >= 0.3 is 5.97 Å². The maximum Gasteiger partial charge on any atom is 0.317 e. The molecule has 3 aromatic rings. The van der Waals surface area contributed by atoms with Crippen molar-refractivity contribution in [1.29, 1.82) is 0 Å². The van der Waals surface area contributed by atoms with Crippen molar-refractivity contribution in [3.05, 3.63) is 94.2 Å². The van der Waals surface area contributed by atoms with Gasteiger partial charge in [-0.05, 0) is 39.9 Å². The Hall–Kier alpha value is -2.39. The predicted molar refractivity (Wildman–Crippen MR) is 96.3 cm³/mol. The Morgan fingerprint density at radius 2 is 1.50 bits per heavy atom. The highest BCUT2D eigenvalue weighted by Crippen LogP contribution is 2.69. The average molecular weight is 334 g/mol. The smallest absolute Gasteiger partial charge is 0.317 e. The fraction of sp³-hybridized carbons (Fsp3) is 0.190. The second-order valence-corrected chi connectivity index (χ2v) is 7.00. The quantitative estimate of drug-likeness (QED) is 0.654. The van der Waals surface area contributed by atoms with Crippen LogP contribution in [-0.4, -0.2) is 13.1 Å². The first kappa shape index (κ1) is 15.2. The van der Waals surface area contributed by atoms with Crippen LogP contribution in [0.5, 0.6) is 0 Å². The summed E-state index contributed by atoms with van der Waals surface area (Å²) in [4.78, 5) is 12.9. The molecule has 0 spiro atoms. The largest absolute Gasteiger partial charge is 0.468 e. The summed E-state index contributed by atoms with van der Waals surface area (Å²) in [5.74, 6) is -0.159. The third kappa shape index (κ3) is 1.91. The van der Waals surface area contributed by atoms with Crippen LogP contribution in [0.3, 0.4) is 0 Å². The number of esters is 1. The lowest BCUT2D eigenvalue weighted by molar-refractivity contribution is -0.144. The molecule has 0 aliphatic heterocycles. The molecule has 1 aliphatic rings. The van der Waals surface area contributed by atoms with Crippen LogP contribution >= 0.6 is 11.3 Å². The van der Waals surface area contributed by atoms with Crippen molar-refractivity contribution in [1.82, 2.24) is 0 Å². The van der Waals surface area contributed by atoms with Gasteiger partial charge in [0.1, 0.15) is 5.41 Å². The van der Waals surface area contributed by atoms with E-state index in [1.807, 2.05) is 41.8 Å². The van der Waals surface area contributed by atoms with E-state index in [1.165, 1.54) is 7.11 Å². The molecule has 1 heterocycles. The Morgan fingerprint density at radius 3 is 1.96 bits per heavy atom. The van der Waals surface area contributed by atoms with Gasteiger partial charge in [-0.1, -0.05) is 60.7 Å². The summed E-state index contributed by atoms with van der Waals surface area (Å²) in [6.07, 6.45) is 0.734. The zero-order chi connectivity index (χ0) is 16.6. The van der Waals surface area contributed by atoms with Crippen LogP contribution in [0.25, 0.3) is 0 Å². The Morgan fingerprint density at radius 1 is 0.917 bits per heavy atom. The summed E-state index contributed by atoms with van der Waals surface area (Å²) in [5.41, 5.74) is 2.35. The van der Waals surface area contributed by atoms with E-state index < -0.39 is 5.41 Å². The number of ether oxygens (including phenoxy) is 1. The standard InChI is InChI=1S/C21H18O2S/c1-23-19(22)21(18-12-13-24-14-18)15-20(21,16-8-4-2-5-9-16)17-10-6-3-7-11-17/h2-14H,15H2,1H3/t21-/m1/s1. The van der Waals surface area contributed by atoms with Crippen molar-refractivity contribution >= 4 is 17.3 Å². The molecule has 1 aliphatic carbocycles. The van der Waals surface area contributed by atoms with Crippen LogP contribution < -0.4 is 0 Å². The SMILES string of the molecule is COC(=O)[C@]1(c2ccsc2)CC1(c1ccccc1)c1ccccc1. The first-order chi connectivity index (χ1) is 11.8. The third-order valence-corrected chi connectivity index (χ3v) is 5.90. The van der Waals surface area contributed by atoms with Gasteiger partial charge in [-0.3, -0.25) is 4.79 Å². The van der Waals surface area contributed by atoms with Gasteiger partial charge < -0.3 is 4.74 Å². The lowest BCUT2D eigenvalue weighted by atomic mass is 9.78. The van der Waals surface area contributed by atoms with Crippen molar-refractivity contribution in [2.75, 3.05) is 7.11 Å². The van der Waals surface area contributed by atoms with Gasteiger partial charge in [0.2, 0.25) is 0 Å². The van der Waals surface area contributed by atoms with E-state index in [0.29, 0.717) is 0 Å². The highest BCUT2D eigenvalue weighted by molar-refractivity contribution is 7.08. The summed E-state index contributed by atoms with van der Waals surface area (Å²) in [6, 6.07) is 22.7. The second-order valence-electron chi connectivity index (χ2n) is 6.22. The molecular formula is C21H18O2S. The summed E-state index contributed by atoms with van der Waals surface area (Å²) < 4.78 is 5.27. The molecule has 0 radical (unpaired) electrons. The molecule has 0 N–H and O–H groups in total. The molecule has 1 fully saturated rings. The van der Waals surface area contributed by atoms with Gasteiger partial charge in [0, 0.05) is 5.41 Å². The molecule has 4 rings (SSSR count). The number of rotatable bonds is 4. The Balaban J connectivity index is 1.98. The topological polar surface area (TPSA) is 26.3 Å². The van der Waals surface area contributed by atoms with Crippen LogP contribution in [0.2, 0.25) is 0 Å². The predicted octanol–water partition coefficient (Wildman–Crippen LogP) is 4.55. The van der Waals surface area contributed by atoms with Crippen molar-refractivity contribution in [2.24, 2.45) is 0 Å². The summed E-state index contributed by atoms with van der Waals surface area (Å²) in [6.45, 7) is 0. The van der Waals surface area contributed by atoms with E-state index in [9.17, 15) is 4.79 Å².